The molecule has 3 heterocycles. The zero-order valence-electron chi connectivity index (χ0n) is 13.5. The molecular weight excluding hydrogens is 418 g/mol. The number of aliphatic carboxylic acids is 1. The molecule has 144 valence electrons. The summed E-state index contributed by atoms with van der Waals surface area (Å²) >= 11 is 2.11. The van der Waals surface area contributed by atoms with Crippen LogP contribution < -0.4 is 17.0 Å². The number of aromatic carboxylic acids is 1. The summed E-state index contributed by atoms with van der Waals surface area (Å²) < 4.78 is 2.31. The third-order valence-corrected chi connectivity index (χ3v) is 5.64. The molecule has 1 atom stereocenters. The second-order valence-electron chi connectivity index (χ2n) is 5.44. The molecule has 0 bridgehead atoms. The van der Waals surface area contributed by atoms with Gasteiger partial charge in [0.1, 0.15) is 15.6 Å². The van der Waals surface area contributed by atoms with Crippen LogP contribution in [0.25, 0.3) is 10.2 Å². The van der Waals surface area contributed by atoms with Crippen LogP contribution in [0.1, 0.15) is 15.2 Å². The number of carboxylic acid groups (broad SMARTS) is 2. The molecule has 0 aliphatic carbocycles. The Labute approximate surface area is 165 Å². The van der Waals surface area contributed by atoms with Gasteiger partial charge in [-0.25, -0.2) is 9.59 Å². The Kier molecular flexibility index (Phi) is 6.21. The first-order valence-electron chi connectivity index (χ1n) is 7.30. The summed E-state index contributed by atoms with van der Waals surface area (Å²) in [7, 11) is 0. The predicted molar refractivity (Wildman–Crippen MR) is 104 cm³/mol. The van der Waals surface area contributed by atoms with Crippen molar-refractivity contribution in [3.8, 4) is 0 Å². The second-order valence-corrected chi connectivity index (χ2v) is 7.28. The molecule has 3 aromatic heterocycles. The zero-order chi connectivity index (χ0) is 19.0. The fourth-order valence-electron chi connectivity index (χ4n) is 2.54. The number of thiophene rings is 2. The van der Waals surface area contributed by atoms with Crippen LogP contribution in [-0.2, 0) is 17.9 Å². The lowest BCUT2D eigenvalue weighted by Gasteiger charge is -2.14. The number of fused-ring (bicyclic) bond motifs is 1. The Morgan fingerprint density at radius 1 is 1.11 bits per heavy atom. The van der Waals surface area contributed by atoms with Crippen LogP contribution in [0.2, 0.25) is 0 Å². The molecule has 0 spiro atoms. The largest absolute Gasteiger partial charge is 0.480 e. The number of nitrogens with two attached hydrogens (primary N) is 1. The number of hydrogen-bond donors (Lipinski definition) is 3. The van der Waals surface area contributed by atoms with Crippen molar-refractivity contribution in [2.75, 3.05) is 0 Å². The van der Waals surface area contributed by atoms with E-state index < -0.39 is 29.2 Å². The van der Waals surface area contributed by atoms with E-state index in [1.807, 2.05) is 0 Å². The maximum atomic E-state index is 12.8. The molecule has 27 heavy (non-hydrogen) atoms. The molecule has 0 radical (unpaired) electrons. The Hall–Kier alpha value is -2.47. The van der Waals surface area contributed by atoms with E-state index in [2.05, 4.69) is 0 Å². The van der Waals surface area contributed by atoms with Gasteiger partial charge in [0.25, 0.3) is 5.56 Å². The zero-order valence-corrected chi connectivity index (χ0v) is 16.0. The molecule has 0 unspecified atom stereocenters. The highest BCUT2D eigenvalue weighted by Gasteiger charge is 2.21. The molecule has 0 amide bonds. The van der Waals surface area contributed by atoms with Crippen LogP contribution in [0, 0.1) is 0 Å². The van der Waals surface area contributed by atoms with Crippen molar-refractivity contribution >= 4 is 57.2 Å². The Morgan fingerprint density at radius 2 is 1.78 bits per heavy atom. The van der Waals surface area contributed by atoms with Gasteiger partial charge < -0.3 is 15.9 Å². The fourth-order valence-corrected chi connectivity index (χ4v) is 4.14. The minimum absolute atomic E-state index is 0. The molecule has 9 nitrogen and oxygen atoms in total. The van der Waals surface area contributed by atoms with Crippen LogP contribution in [0.4, 0.5) is 0 Å². The SMILES string of the molecule is Cl.N[C@@H](Cn1c(=O)n(Cc2ccsc2C(=O)O)c(=O)c2sccc21)C(=O)O. The molecule has 3 aromatic rings. The van der Waals surface area contributed by atoms with Gasteiger partial charge in [0.15, 0.2) is 0 Å². The molecule has 4 N–H and O–H groups in total. The Bertz CT molecular complexity index is 1130. The van der Waals surface area contributed by atoms with Crippen molar-refractivity contribution in [3.63, 3.8) is 0 Å². The Morgan fingerprint density at radius 3 is 2.41 bits per heavy atom. The summed E-state index contributed by atoms with van der Waals surface area (Å²) in [5.74, 6) is -2.42. The van der Waals surface area contributed by atoms with Crippen molar-refractivity contribution in [1.82, 2.24) is 9.13 Å². The van der Waals surface area contributed by atoms with Crippen molar-refractivity contribution in [3.05, 3.63) is 54.2 Å². The maximum Gasteiger partial charge on any atom is 0.346 e. The summed E-state index contributed by atoms with van der Waals surface area (Å²) in [6.45, 7) is -0.532. The van der Waals surface area contributed by atoms with E-state index in [-0.39, 0.29) is 35.1 Å². The first kappa shape index (κ1) is 20.8. The highest BCUT2D eigenvalue weighted by Crippen LogP contribution is 2.19. The van der Waals surface area contributed by atoms with Gasteiger partial charge in [-0.05, 0) is 28.5 Å². The summed E-state index contributed by atoms with van der Waals surface area (Å²) in [6, 6.07) is 1.76. The molecule has 0 fully saturated rings. The van der Waals surface area contributed by atoms with Gasteiger partial charge >= 0.3 is 17.6 Å². The van der Waals surface area contributed by atoms with Gasteiger partial charge in [0.05, 0.1) is 18.6 Å². The number of rotatable bonds is 6. The number of carboxylic acids is 2. The van der Waals surface area contributed by atoms with Gasteiger partial charge in [-0.1, -0.05) is 0 Å². The van der Waals surface area contributed by atoms with Crippen molar-refractivity contribution < 1.29 is 19.8 Å². The van der Waals surface area contributed by atoms with E-state index in [4.69, 9.17) is 10.8 Å². The van der Waals surface area contributed by atoms with E-state index in [0.717, 1.165) is 31.8 Å². The normalized spacial score (nSPS) is 11.9. The van der Waals surface area contributed by atoms with Crippen molar-refractivity contribution in [2.45, 2.75) is 19.1 Å². The number of carbonyl (C=O) groups is 2. The van der Waals surface area contributed by atoms with E-state index in [0.29, 0.717) is 11.1 Å². The highest BCUT2D eigenvalue weighted by atomic mass is 35.5. The second kappa shape index (κ2) is 8.05. The predicted octanol–water partition coefficient (Wildman–Crippen LogP) is 0.866. The molecule has 0 saturated heterocycles. The van der Waals surface area contributed by atoms with E-state index in [1.165, 1.54) is 6.07 Å². The summed E-state index contributed by atoms with van der Waals surface area (Å²) in [6.07, 6.45) is 0. The lowest BCUT2D eigenvalue weighted by molar-refractivity contribution is -0.138. The lowest BCUT2D eigenvalue weighted by atomic mass is 10.2. The van der Waals surface area contributed by atoms with Crippen LogP contribution in [0.5, 0.6) is 0 Å². The van der Waals surface area contributed by atoms with Crippen LogP contribution in [-0.4, -0.2) is 37.3 Å². The topological polar surface area (TPSA) is 145 Å². The molecule has 0 aliphatic heterocycles. The van der Waals surface area contributed by atoms with Crippen LogP contribution in [0.3, 0.4) is 0 Å². The minimum atomic E-state index is -1.32. The maximum absolute atomic E-state index is 12.8. The van der Waals surface area contributed by atoms with Gasteiger partial charge in [-0.2, -0.15) is 0 Å². The average Bonchev–Trinajstić information content (AvgIpc) is 3.24. The van der Waals surface area contributed by atoms with Gasteiger partial charge in [-0.15, -0.1) is 35.1 Å². The lowest BCUT2D eigenvalue weighted by Crippen LogP contribution is -2.44. The molecule has 3 rings (SSSR count). The Balaban J connectivity index is 0.00000261. The standard InChI is InChI=1S/C15H13N3O6S2.ClH/c16-8(13(20)21)6-17-9-2-4-26-11(9)12(19)18(15(17)24)5-7-1-3-25-10(7)14(22)23;/h1-4,8H,5-6,16H2,(H,20,21)(H,22,23);1H/t8-;/m0./s1. The van der Waals surface area contributed by atoms with Gasteiger partial charge in [-0.3, -0.25) is 18.7 Å². The summed E-state index contributed by atoms with van der Waals surface area (Å²) in [5.41, 5.74) is 4.89. The minimum Gasteiger partial charge on any atom is -0.480 e. The van der Waals surface area contributed by atoms with Crippen molar-refractivity contribution in [1.29, 1.82) is 0 Å². The van der Waals surface area contributed by atoms with Crippen LogP contribution >= 0.6 is 35.1 Å². The molecule has 12 heteroatoms. The third-order valence-electron chi connectivity index (χ3n) is 3.80. The molecule has 0 aliphatic rings. The van der Waals surface area contributed by atoms with Gasteiger partial charge in [0, 0.05) is 0 Å². The van der Waals surface area contributed by atoms with E-state index in [1.54, 1.807) is 16.8 Å². The molecule has 0 aromatic carbocycles. The number of halogens is 1. The van der Waals surface area contributed by atoms with Gasteiger partial charge in [0.2, 0.25) is 0 Å². The number of hydrogen-bond acceptors (Lipinski definition) is 7. The van der Waals surface area contributed by atoms with Crippen molar-refractivity contribution in [2.24, 2.45) is 5.73 Å². The van der Waals surface area contributed by atoms with Crippen LogP contribution in [0.15, 0.2) is 32.5 Å². The summed E-state index contributed by atoms with van der Waals surface area (Å²) in [4.78, 5) is 47.8. The fraction of sp³-hybridized carbons (Fsp3) is 0.200. The number of aromatic nitrogens is 2. The monoisotopic (exact) mass is 431 g/mol. The first-order chi connectivity index (χ1) is 12.3. The average molecular weight is 432 g/mol. The first-order valence-corrected chi connectivity index (χ1v) is 9.06. The molecule has 0 saturated carbocycles. The highest BCUT2D eigenvalue weighted by molar-refractivity contribution is 7.17. The third kappa shape index (κ3) is 3.81. The smallest absolute Gasteiger partial charge is 0.346 e. The van der Waals surface area contributed by atoms with E-state index >= 15 is 0 Å². The van der Waals surface area contributed by atoms with E-state index in [9.17, 15) is 24.3 Å². The number of nitrogens with zero attached hydrogens (tertiary/aromatic N) is 2. The quantitative estimate of drug-likeness (QED) is 0.525. The molecular formula is C15H14ClN3O6S2. The summed E-state index contributed by atoms with van der Waals surface area (Å²) in [5, 5.41) is 21.4.